The Kier molecular flexibility index (Phi) is 5.64. The predicted molar refractivity (Wildman–Crippen MR) is 110 cm³/mol. The second-order valence-corrected chi connectivity index (χ2v) is 8.15. The number of thiazole rings is 1. The molecule has 0 aliphatic carbocycles. The first-order valence-electron chi connectivity index (χ1n) is 9.62. The molecule has 1 N–H and O–H groups in total. The van der Waals surface area contributed by atoms with Gasteiger partial charge < -0.3 is 14.7 Å². The molecule has 29 heavy (non-hydrogen) atoms. The number of hydrogen-bond donors (Lipinski definition) is 1. The maximum absolute atomic E-state index is 12.7. The Balaban J connectivity index is 1.49. The van der Waals surface area contributed by atoms with Crippen molar-refractivity contribution in [1.29, 1.82) is 0 Å². The number of ether oxygens (including phenoxy) is 1. The number of carbonyl (C=O) groups is 1. The van der Waals surface area contributed by atoms with Gasteiger partial charge in [-0.05, 0) is 37.1 Å². The molecule has 1 unspecified atom stereocenters. The first-order valence-corrected chi connectivity index (χ1v) is 10.6. The van der Waals surface area contributed by atoms with Gasteiger partial charge in [-0.3, -0.25) is 9.48 Å². The quantitative estimate of drug-likeness (QED) is 0.673. The molecule has 0 bridgehead atoms. The molecule has 1 aliphatic heterocycles. The summed E-state index contributed by atoms with van der Waals surface area (Å²) in [5.41, 5.74) is 3.23. The Labute approximate surface area is 173 Å². The van der Waals surface area contributed by atoms with E-state index in [4.69, 9.17) is 4.74 Å². The number of aryl methyl sites for hydroxylation is 1. The van der Waals surface area contributed by atoms with Gasteiger partial charge in [0.1, 0.15) is 12.4 Å². The lowest BCUT2D eigenvalue weighted by molar-refractivity contribution is -0.131. The Morgan fingerprint density at radius 1 is 1.41 bits per heavy atom. The zero-order chi connectivity index (χ0) is 20.3. The number of amides is 1. The molecular formula is C21H24N4O3S. The molecule has 152 valence electrons. The van der Waals surface area contributed by atoms with Crippen molar-refractivity contribution in [3.8, 4) is 5.75 Å². The van der Waals surface area contributed by atoms with Gasteiger partial charge in [0.25, 0.3) is 0 Å². The number of hydrogen-bond acceptors (Lipinski definition) is 6. The molecule has 0 saturated heterocycles. The Hall–Kier alpha value is -2.71. The maximum atomic E-state index is 12.7. The van der Waals surface area contributed by atoms with Crippen molar-refractivity contribution in [1.82, 2.24) is 19.7 Å². The minimum atomic E-state index is -1.01. The van der Waals surface area contributed by atoms with Gasteiger partial charge in [0.2, 0.25) is 5.91 Å². The molecule has 8 heteroatoms. The van der Waals surface area contributed by atoms with E-state index in [0.717, 1.165) is 22.6 Å². The summed E-state index contributed by atoms with van der Waals surface area (Å²) in [6.45, 7) is 3.86. The molecule has 3 aromatic rings. The maximum Gasteiger partial charge on any atom is 0.229 e. The average Bonchev–Trinajstić information content (AvgIpc) is 3.36. The number of benzene rings is 1. The molecular weight excluding hydrogens is 388 g/mol. The third-order valence-corrected chi connectivity index (χ3v) is 5.85. The lowest BCUT2D eigenvalue weighted by atomic mass is 9.91. The molecule has 4 rings (SSSR count). The van der Waals surface area contributed by atoms with E-state index < -0.39 is 5.60 Å². The zero-order valence-corrected chi connectivity index (χ0v) is 17.1. The SMILES string of the molecule is CC(O)(CCn1cccn1)c1ccc2c(c1)CN(C(=O)Cc1cscn1)CCO2. The van der Waals surface area contributed by atoms with Crippen LogP contribution in [-0.2, 0) is 29.9 Å². The number of aliphatic hydroxyl groups is 1. The molecule has 3 heterocycles. The molecule has 1 amide bonds. The monoisotopic (exact) mass is 412 g/mol. The van der Waals surface area contributed by atoms with E-state index in [1.165, 1.54) is 11.3 Å². The van der Waals surface area contributed by atoms with Crippen LogP contribution in [0.5, 0.6) is 5.75 Å². The Morgan fingerprint density at radius 3 is 3.07 bits per heavy atom. The van der Waals surface area contributed by atoms with Crippen LogP contribution in [0.4, 0.5) is 0 Å². The van der Waals surface area contributed by atoms with E-state index in [1.807, 2.05) is 35.8 Å². The summed E-state index contributed by atoms with van der Waals surface area (Å²) < 4.78 is 7.65. The number of fused-ring (bicyclic) bond motifs is 1. The molecule has 1 atom stereocenters. The van der Waals surface area contributed by atoms with Crippen LogP contribution in [0.25, 0.3) is 0 Å². The highest BCUT2D eigenvalue weighted by atomic mass is 32.1. The molecule has 0 fully saturated rings. The minimum Gasteiger partial charge on any atom is -0.491 e. The largest absolute Gasteiger partial charge is 0.491 e. The summed E-state index contributed by atoms with van der Waals surface area (Å²) in [6.07, 6.45) is 4.43. The van der Waals surface area contributed by atoms with Crippen molar-refractivity contribution in [3.05, 3.63) is 64.4 Å². The normalized spacial score (nSPS) is 15.9. The Morgan fingerprint density at radius 2 is 2.31 bits per heavy atom. The van der Waals surface area contributed by atoms with Crippen LogP contribution in [0.2, 0.25) is 0 Å². The Bertz CT molecular complexity index is 954. The first kappa shape index (κ1) is 19.6. The second kappa shape index (κ2) is 8.34. The molecule has 0 saturated carbocycles. The number of carbonyl (C=O) groups excluding carboxylic acids is 1. The smallest absolute Gasteiger partial charge is 0.229 e. The summed E-state index contributed by atoms with van der Waals surface area (Å²) >= 11 is 1.49. The number of rotatable bonds is 6. The van der Waals surface area contributed by atoms with Gasteiger partial charge in [-0.15, -0.1) is 11.3 Å². The summed E-state index contributed by atoms with van der Waals surface area (Å²) in [5.74, 6) is 0.795. The van der Waals surface area contributed by atoms with Crippen LogP contribution in [0.1, 0.15) is 30.2 Å². The summed E-state index contributed by atoms with van der Waals surface area (Å²) in [7, 11) is 0. The topological polar surface area (TPSA) is 80.5 Å². The zero-order valence-electron chi connectivity index (χ0n) is 16.3. The lowest BCUT2D eigenvalue weighted by Crippen LogP contribution is -2.33. The van der Waals surface area contributed by atoms with Gasteiger partial charge in [0.15, 0.2) is 0 Å². The van der Waals surface area contributed by atoms with Crippen molar-refractivity contribution in [3.63, 3.8) is 0 Å². The fraction of sp³-hybridized carbons (Fsp3) is 0.381. The molecule has 2 aromatic heterocycles. The standard InChI is InChI=1S/C21H24N4O3S/c1-21(27,5-8-25-7-2-6-23-25)17-3-4-19-16(11-17)13-24(9-10-28-19)20(26)12-18-14-29-15-22-18/h2-4,6-7,11,14-15,27H,5,8-10,12-13H2,1H3. The summed E-state index contributed by atoms with van der Waals surface area (Å²) in [4.78, 5) is 18.7. The fourth-order valence-electron chi connectivity index (χ4n) is 3.44. The van der Waals surface area contributed by atoms with E-state index in [0.29, 0.717) is 39.1 Å². The van der Waals surface area contributed by atoms with Crippen LogP contribution in [0.3, 0.4) is 0 Å². The second-order valence-electron chi connectivity index (χ2n) is 7.44. The molecule has 7 nitrogen and oxygen atoms in total. The number of nitrogens with zero attached hydrogens (tertiary/aromatic N) is 4. The summed E-state index contributed by atoms with van der Waals surface area (Å²) in [6, 6.07) is 7.61. The highest BCUT2D eigenvalue weighted by Crippen LogP contribution is 2.31. The highest BCUT2D eigenvalue weighted by molar-refractivity contribution is 7.07. The van der Waals surface area contributed by atoms with E-state index in [9.17, 15) is 9.90 Å². The van der Waals surface area contributed by atoms with Crippen molar-refractivity contribution in [2.45, 2.75) is 38.5 Å². The molecule has 1 aromatic carbocycles. The van der Waals surface area contributed by atoms with Crippen LogP contribution in [0, 0.1) is 0 Å². The fourth-order valence-corrected chi connectivity index (χ4v) is 4.00. The average molecular weight is 413 g/mol. The molecule has 1 aliphatic rings. The van der Waals surface area contributed by atoms with Crippen molar-refractivity contribution >= 4 is 17.2 Å². The predicted octanol–water partition coefficient (Wildman–Crippen LogP) is 2.60. The van der Waals surface area contributed by atoms with Crippen molar-refractivity contribution in [2.75, 3.05) is 13.2 Å². The lowest BCUT2D eigenvalue weighted by Gasteiger charge is -2.25. The van der Waals surface area contributed by atoms with Crippen molar-refractivity contribution < 1.29 is 14.6 Å². The molecule has 0 radical (unpaired) electrons. The first-order chi connectivity index (χ1) is 14.0. The van der Waals surface area contributed by atoms with Crippen LogP contribution < -0.4 is 4.74 Å². The minimum absolute atomic E-state index is 0.0307. The van der Waals surface area contributed by atoms with Gasteiger partial charge in [0.05, 0.1) is 29.8 Å². The van der Waals surface area contributed by atoms with E-state index >= 15 is 0 Å². The van der Waals surface area contributed by atoms with Crippen LogP contribution in [0.15, 0.2) is 47.5 Å². The van der Waals surface area contributed by atoms with Gasteiger partial charge in [-0.2, -0.15) is 5.10 Å². The summed E-state index contributed by atoms with van der Waals surface area (Å²) in [5, 5.41) is 17.1. The highest BCUT2D eigenvalue weighted by Gasteiger charge is 2.26. The van der Waals surface area contributed by atoms with Crippen molar-refractivity contribution in [2.24, 2.45) is 0 Å². The van der Waals surface area contributed by atoms with Gasteiger partial charge in [-0.25, -0.2) is 4.98 Å². The van der Waals surface area contributed by atoms with Crippen LogP contribution in [-0.4, -0.2) is 43.8 Å². The number of aromatic nitrogens is 3. The van der Waals surface area contributed by atoms with E-state index in [-0.39, 0.29) is 5.91 Å². The van der Waals surface area contributed by atoms with Crippen LogP contribution >= 0.6 is 11.3 Å². The third-order valence-electron chi connectivity index (χ3n) is 5.22. The van der Waals surface area contributed by atoms with Gasteiger partial charge in [-0.1, -0.05) is 6.07 Å². The molecule has 0 spiro atoms. The van der Waals surface area contributed by atoms with Gasteiger partial charge in [0, 0.05) is 36.4 Å². The van der Waals surface area contributed by atoms with E-state index in [1.54, 1.807) is 28.2 Å². The third kappa shape index (κ3) is 4.65. The van der Waals surface area contributed by atoms with Gasteiger partial charge >= 0.3 is 0 Å². The van der Waals surface area contributed by atoms with E-state index in [2.05, 4.69) is 10.1 Å².